The van der Waals surface area contributed by atoms with Crippen molar-refractivity contribution in [3.63, 3.8) is 0 Å². The van der Waals surface area contributed by atoms with Crippen LogP contribution in [-0.4, -0.2) is 17.5 Å². The number of carbonyl (C=O) groups excluding carboxylic acids is 1. The summed E-state index contributed by atoms with van der Waals surface area (Å²) in [6.45, 7) is 2.09. The van der Waals surface area contributed by atoms with Crippen LogP contribution < -0.4 is 0 Å². The maximum Gasteiger partial charge on any atom is 0.313 e. The van der Waals surface area contributed by atoms with Gasteiger partial charge in [0.2, 0.25) is 0 Å². The van der Waals surface area contributed by atoms with Crippen molar-refractivity contribution < 1.29 is 9.53 Å². The van der Waals surface area contributed by atoms with Gasteiger partial charge >= 0.3 is 5.97 Å². The van der Waals surface area contributed by atoms with E-state index in [4.69, 9.17) is 4.74 Å². The summed E-state index contributed by atoms with van der Waals surface area (Å²) in [6, 6.07) is 8.45. The summed E-state index contributed by atoms with van der Waals surface area (Å²) in [5, 5.41) is 0. The fourth-order valence-corrected chi connectivity index (χ4v) is 2.73. The van der Waals surface area contributed by atoms with Gasteiger partial charge in [-0.15, -0.1) is 0 Å². The predicted octanol–water partition coefficient (Wildman–Crippen LogP) is 4.50. The molecule has 0 fully saturated rings. The van der Waals surface area contributed by atoms with Crippen molar-refractivity contribution in [1.82, 2.24) is 0 Å². The zero-order valence-corrected chi connectivity index (χ0v) is 14.0. The monoisotopic (exact) mass is 374 g/mol. The zero-order valence-electron chi connectivity index (χ0n) is 11.8. The Kier molecular flexibility index (Phi) is 8.10. The maximum atomic E-state index is 11.8. The number of hydrogen-bond acceptors (Lipinski definition) is 2. The molecule has 2 nitrogen and oxygen atoms in total. The molecule has 19 heavy (non-hydrogen) atoms. The molecule has 0 aliphatic heterocycles. The third kappa shape index (κ3) is 5.51. The Morgan fingerprint density at radius 1 is 1.26 bits per heavy atom. The van der Waals surface area contributed by atoms with Crippen molar-refractivity contribution in [2.45, 2.75) is 44.9 Å². The molecule has 1 aromatic carbocycles. The molecule has 0 amide bonds. The quantitative estimate of drug-likeness (QED) is 0.290. The lowest BCUT2D eigenvalue weighted by Gasteiger charge is -2.14. The summed E-state index contributed by atoms with van der Waals surface area (Å²) in [4.78, 5) is 11.8. The molecule has 106 valence electrons. The lowest BCUT2D eigenvalue weighted by atomic mass is 9.93. The molecule has 0 saturated carbocycles. The fraction of sp³-hybridized carbons (Fsp3) is 0.562. The first-order valence-corrected chi connectivity index (χ1v) is 8.48. The van der Waals surface area contributed by atoms with E-state index < -0.39 is 0 Å². The fourth-order valence-electron chi connectivity index (χ4n) is 2.19. The van der Waals surface area contributed by atoms with Gasteiger partial charge in [0.1, 0.15) is 0 Å². The molecule has 0 bridgehead atoms. The molecule has 1 rings (SSSR count). The van der Waals surface area contributed by atoms with E-state index in [1.807, 2.05) is 0 Å². The molecule has 1 atom stereocenters. The third-order valence-corrected chi connectivity index (χ3v) is 4.06. The first-order valence-electron chi connectivity index (χ1n) is 6.95. The van der Waals surface area contributed by atoms with Gasteiger partial charge < -0.3 is 4.74 Å². The number of halogens is 1. The topological polar surface area (TPSA) is 26.3 Å². The predicted molar refractivity (Wildman–Crippen MR) is 87.9 cm³/mol. The van der Waals surface area contributed by atoms with Gasteiger partial charge in [-0.3, -0.25) is 4.79 Å². The van der Waals surface area contributed by atoms with E-state index >= 15 is 0 Å². The van der Waals surface area contributed by atoms with Crippen LogP contribution in [0.2, 0.25) is 0 Å². The molecule has 1 unspecified atom stereocenters. The highest BCUT2D eigenvalue weighted by Crippen LogP contribution is 2.23. The number of aryl methyl sites for hydroxylation is 1. The van der Waals surface area contributed by atoms with Crippen molar-refractivity contribution in [2.24, 2.45) is 0 Å². The molecule has 0 aliphatic rings. The summed E-state index contributed by atoms with van der Waals surface area (Å²) >= 11 is 2.41. The van der Waals surface area contributed by atoms with Gasteiger partial charge in [-0.25, -0.2) is 0 Å². The van der Waals surface area contributed by atoms with Gasteiger partial charge in [-0.2, -0.15) is 0 Å². The molecular weight excluding hydrogens is 351 g/mol. The van der Waals surface area contributed by atoms with Crippen molar-refractivity contribution in [2.75, 3.05) is 11.5 Å². The Balaban J connectivity index is 2.69. The Labute approximate surface area is 130 Å². The summed E-state index contributed by atoms with van der Waals surface area (Å²) in [5.41, 5.74) is 2.43. The third-order valence-electron chi connectivity index (χ3n) is 3.29. The van der Waals surface area contributed by atoms with Gasteiger partial charge in [-0.1, -0.05) is 60.2 Å². The first-order chi connectivity index (χ1) is 9.22. The minimum atomic E-state index is -0.125. The molecule has 0 heterocycles. The number of esters is 1. The molecule has 0 N–H and O–H groups in total. The largest absolute Gasteiger partial charge is 0.469 e. The van der Waals surface area contributed by atoms with Crippen molar-refractivity contribution >= 4 is 28.6 Å². The highest BCUT2D eigenvalue weighted by atomic mass is 127. The van der Waals surface area contributed by atoms with Gasteiger partial charge in [-0.05, 0) is 41.2 Å². The Morgan fingerprint density at radius 3 is 2.47 bits per heavy atom. The van der Waals surface area contributed by atoms with Crippen LogP contribution in [0, 0.1) is 0 Å². The standard InChI is InChI=1S/C16H23IO2/c1-3-6-15(16(18)19-2)14-10-8-13(9-11-14)7-4-5-12-17/h8-11,15H,3-7,12H2,1-2H3. The number of alkyl halides is 1. The molecule has 0 saturated heterocycles. The average Bonchev–Trinajstić information content (AvgIpc) is 2.45. The van der Waals surface area contributed by atoms with Crippen LogP contribution in [0.5, 0.6) is 0 Å². The Morgan fingerprint density at radius 2 is 1.95 bits per heavy atom. The van der Waals surface area contributed by atoms with Crippen LogP contribution in [0.1, 0.15) is 49.7 Å². The van der Waals surface area contributed by atoms with E-state index in [1.54, 1.807) is 0 Å². The van der Waals surface area contributed by atoms with Crippen LogP contribution in [0.15, 0.2) is 24.3 Å². The molecular formula is C16H23IO2. The smallest absolute Gasteiger partial charge is 0.313 e. The van der Waals surface area contributed by atoms with E-state index in [-0.39, 0.29) is 11.9 Å². The number of unbranched alkanes of at least 4 members (excludes halogenated alkanes) is 1. The molecule has 0 radical (unpaired) electrons. The van der Waals surface area contributed by atoms with Gasteiger partial charge in [0.25, 0.3) is 0 Å². The number of methoxy groups -OCH3 is 1. The van der Waals surface area contributed by atoms with E-state index in [2.05, 4.69) is 53.8 Å². The SMILES string of the molecule is CCCC(C(=O)OC)c1ccc(CCCCI)cc1. The van der Waals surface area contributed by atoms with E-state index in [0.717, 1.165) is 24.8 Å². The maximum absolute atomic E-state index is 11.8. The second kappa shape index (κ2) is 9.34. The van der Waals surface area contributed by atoms with Crippen molar-refractivity contribution in [3.8, 4) is 0 Å². The molecule has 0 aromatic heterocycles. The van der Waals surface area contributed by atoms with Crippen molar-refractivity contribution in [3.05, 3.63) is 35.4 Å². The second-order valence-corrected chi connectivity index (χ2v) is 5.83. The van der Waals surface area contributed by atoms with Crippen LogP contribution >= 0.6 is 22.6 Å². The molecule has 1 aromatic rings. The minimum Gasteiger partial charge on any atom is -0.469 e. The summed E-state index contributed by atoms with van der Waals surface area (Å²) in [7, 11) is 1.46. The van der Waals surface area contributed by atoms with Crippen LogP contribution in [0.3, 0.4) is 0 Å². The number of ether oxygens (including phenoxy) is 1. The summed E-state index contributed by atoms with van der Waals surface area (Å²) < 4.78 is 6.11. The molecule has 0 aliphatic carbocycles. The zero-order chi connectivity index (χ0) is 14.1. The number of carbonyl (C=O) groups is 1. The highest BCUT2D eigenvalue weighted by Gasteiger charge is 2.19. The summed E-state index contributed by atoms with van der Waals surface area (Å²) in [6.07, 6.45) is 5.46. The number of benzene rings is 1. The average molecular weight is 374 g/mol. The van der Waals surface area contributed by atoms with Crippen LogP contribution in [0.25, 0.3) is 0 Å². The Hall–Kier alpha value is -0.580. The van der Waals surface area contributed by atoms with Gasteiger partial charge in [0, 0.05) is 0 Å². The molecule has 0 spiro atoms. The van der Waals surface area contributed by atoms with E-state index in [1.165, 1.54) is 29.9 Å². The molecule has 3 heteroatoms. The lowest BCUT2D eigenvalue weighted by molar-refractivity contribution is -0.142. The Bertz CT molecular complexity index is 373. The van der Waals surface area contributed by atoms with Gasteiger partial charge in [0.05, 0.1) is 13.0 Å². The number of hydrogen-bond donors (Lipinski definition) is 0. The summed E-state index contributed by atoms with van der Waals surface area (Å²) in [5.74, 6) is -0.238. The number of rotatable bonds is 8. The van der Waals surface area contributed by atoms with E-state index in [9.17, 15) is 4.79 Å². The second-order valence-electron chi connectivity index (χ2n) is 4.75. The van der Waals surface area contributed by atoms with Crippen LogP contribution in [0.4, 0.5) is 0 Å². The van der Waals surface area contributed by atoms with E-state index in [0.29, 0.717) is 0 Å². The first kappa shape index (κ1) is 16.5. The lowest BCUT2D eigenvalue weighted by Crippen LogP contribution is -2.14. The van der Waals surface area contributed by atoms with Crippen LogP contribution in [-0.2, 0) is 16.0 Å². The normalized spacial score (nSPS) is 12.2. The van der Waals surface area contributed by atoms with Crippen molar-refractivity contribution in [1.29, 1.82) is 0 Å². The highest BCUT2D eigenvalue weighted by molar-refractivity contribution is 14.1. The minimum absolute atomic E-state index is 0.113. The van der Waals surface area contributed by atoms with Gasteiger partial charge in [0.15, 0.2) is 0 Å².